The van der Waals surface area contributed by atoms with Crippen molar-refractivity contribution < 1.29 is 18.3 Å². The van der Waals surface area contributed by atoms with E-state index in [4.69, 9.17) is 9.47 Å². The average molecular weight is 473 g/mol. The van der Waals surface area contributed by atoms with Gasteiger partial charge in [-0.1, -0.05) is 39.5 Å². The van der Waals surface area contributed by atoms with Crippen LogP contribution in [0.1, 0.15) is 65.2 Å². The van der Waals surface area contributed by atoms with E-state index in [-0.39, 0.29) is 17.3 Å². The highest BCUT2D eigenvalue weighted by atomic mass is 32.1. The molecule has 2 fully saturated rings. The summed E-state index contributed by atoms with van der Waals surface area (Å²) in [6.07, 6.45) is 10.0. The molecule has 2 saturated carbocycles. The first-order valence-electron chi connectivity index (χ1n) is 12.6. The minimum Gasteiger partial charge on any atom is -0.490 e. The second kappa shape index (κ2) is 9.77. The van der Waals surface area contributed by atoms with Crippen LogP contribution in [0, 0.1) is 35.3 Å². The van der Waals surface area contributed by atoms with E-state index in [9.17, 15) is 0 Å². The van der Waals surface area contributed by atoms with Gasteiger partial charge in [-0.15, -0.1) is 11.3 Å². The van der Waals surface area contributed by atoms with Gasteiger partial charge in [-0.25, -0.2) is 8.78 Å². The number of thiophene rings is 1. The van der Waals surface area contributed by atoms with Crippen molar-refractivity contribution in [1.82, 2.24) is 0 Å². The van der Waals surface area contributed by atoms with Gasteiger partial charge in [0.15, 0.2) is 23.1 Å². The quantitative estimate of drug-likeness (QED) is 0.310. The highest BCUT2D eigenvalue weighted by Gasteiger charge is 2.29. The van der Waals surface area contributed by atoms with E-state index < -0.39 is 5.82 Å². The van der Waals surface area contributed by atoms with Crippen LogP contribution in [0.3, 0.4) is 0 Å². The minimum atomic E-state index is -0.401. The van der Waals surface area contributed by atoms with Gasteiger partial charge >= 0.3 is 0 Å². The van der Waals surface area contributed by atoms with Crippen molar-refractivity contribution in [2.75, 3.05) is 13.2 Å². The second-order valence-electron chi connectivity index (χ2n) is 10.5. The summed E-state index contributed by atoms with van der Waals surface area (Å²) >= 11 is 1.15. The summed E-state index contributed by atoms with van der Waals surface area (Å²) in [5.41, 5.74) is 0. The molecule has 0 atom stereocenters. The van der Waals surface area contributed by atoms with Gasteiger partial charge in [0.25, 0.3) is 0 Å². The summed E-state index contributed by atoms with van der Waals surface area (Å²) in [5, 5.41) is 1.45. The maximum atomic E-state index is 15.3. The van der Waals surface area contributed by atoms with Crippen molar-refractivity contribution >= 4 is 31.5 Å². The molecule has 2 aliphatic carbocycles. The van der Waals surface area contributed by atoms with E-state index in [1.54, 1.807) is 12.1 Å². The van der Waals surface area contributed by atoms with E-state index in [1.165, 1.54) is 44.9 Å². The summed E-state index contributed by atoms with van der Waals surface area (Å²) in [7, 11) is 0. The van der Waals surface area contributed by atoms with E-state index in [1.807, 2.05) is 12.1 Å². The van der Waals surface area contributed by atoms with Crippen molar-refractivity contribution in [2.45, 2.75) is 65.2 Å². The molecule has 2 aliphatic rings. The molecule has 2 aromatic carbocycles. The lowest BCUT2D eigenvalue weighted by Gasteiger charge is -2.28. The molecule has 0 saturated heterocycles. The molecule has 0 radical (unpaired) electrons. The number of hydrogen-bond acceptors (Lipinski definition) is 3. The van der Waals surface area contributed by atoms with Gasteiger partial charge in [0.1, 0.15) is 0 Å². The predicted molar refractivity (Wildman–Crippen MR) is 132 cm³/mol. The summed E-state index contributed by atoms with van der Waals surface area (Å²) < 4.78 is 42.9. The zero-order valence-corrected chi connectivity index (χ0v) is 20.5. The fraction of sp³-hybridized carbons (Fsp3) is 0.571. The van der Waals surface area contributed by atoms with Crippen LogP contribution in [0.5, 0.6) is 11.5 Å². The third-order valence-electron chi connectivity index (χ3n) is 7.37. The van der Waals surface area contributed by atoms with E-state index in [2.05, 4.69) is 13.8 Å². The van der Waals surface area contributed by atoms with E-state index >= 15 is 8.78 Å². The highest BCUT2D eigenvalue weighted by Crippen LogP contribution is 2.43. The average Bonchev–Trinajstić information content (AvgIpc) is 3.53. The van der Waals surface area contributed by atoms with Gasteiger partial charge in [-0.2, -0.15) is 0 Å². The molecule has 2 nitrogen and oxygen atoms in total. The summed E-state index contributed by atoms with van der Waals surface area (Å²) in [6.45, 7) is 5.25. The molecule has 0 aliphatic heterocycles. The smallest absolute Gasteiger partial charge is 0.182 e. The van der Waals surface area contributed by atoms with Crippen molar-refractivity contribution in [2.24, 2.45) is 23.7 Å². The Morgan fingerprint density at radius 3 is 1.85 bits per heavy atom. The van der Waals surface area contributed by atoms with Gasteiger partial charge in [0.05, 0.1) is 22.6 Å². The molecule has 0 spiro atoms. The lowest BCUT2D eigenvalue weighted by molar-refractivity contribution is 0.173. The minimum absolute atomic E-state index is 0.240. The van der Waals surface area contributed by atoms with Crippen LogP contribution in [0.25, 0.3) is 20.2 Å². The molecular formula is C28H34F2O2S. The Balaban J connectivity index is 1.27. The molecular weight excluding hydrogens is 438 g/mol. The van der Waals surface area contributed by atoms with E-state index in [0.29, 0.717) is 34.4 Å². The molecule has 0 N–H and O–H groups in total. The number of hydrogen-bond donors (Lipinski definition) is 0. The Bertz CT molecular complexity index is 1110. The fourth-order valence-electron chi connectivity index (χ4n) is 5.10. The third kappa shape index (κ3) is 5.13. The number of fused-ring (bicyclic) bond motifs is 3. The summed E-state index contributed by atoms with van der Waals surface area (Å²) in [5.74, 6) is 2.62. The van der Waals surface area contributed by atoms with Crippen molar-refractivity contribution in [3.8, 4) is 11.5 Å². The molecule has 3 aromatic rings. The first kappa shape index (κ1) is 22.9. The number of rotatable bonds is 9. The van der Waals surface area contributed by atoms with Crippen LogP contribution < -0.4 is 9.47 Å². The summed E-state index contributed by atoms with van der Waals surface area (Å²) in [6, 6.07) is 7.05. The standard InChI is InChI=1S/C28H34F2O2S/c1-17(2)13-14-31-23-11-9-21-22-10-12-24(26(30)28(22)33-27(21)25(23)29)32-16-20-7-5-19(6-8-20)15-18-3-4-18/h9-12,17-20H,3-8,13-16H2,1-2H3/t19-,20-. The van der Waals surface area contributed by atoms with Crippen LogP contribution in [-0.4, -0.2) is 13.2 Å². The van der Waals surface area contributed by atoms with Gasteiger partial charge in [-0.05, 0) is 73.6 Å². The molecule has 0 unspecified atom stereocenters. The predicted octanol–water partition coefficient (Wildman–Crippen LogP) is 8.74. The third-order valence-corrected chi connectivity index (χ3v) is 8.58. The number of benzene rings is 2. The molecule has 33 heavy (non-hydrogen) atoms. The maximum Gasteiger partial charge on any atom is 0.182 e. The maximum absolute atomic E-state index is 15.3. The van der Waals surface area contributed by atoms with Crippen molar-refractivity contribution in [3.63, 3.8) is 0 Å². The molecule has 5 rings (SSSR count). The normalized spacial score (nSPS) is 21.2. The van der Waals surface area contributed by atoms with Gasteiger partial charge in [0.2, 0.25) is 0 Å². The van der Waals surface area contributed by atoms with Crippen LogP contribution in [0.4, 0.5) is 8.78 Å². The van der Waals surface area contributed by atoms with Crippen molar-refractivity contribution in [1.29, 1.82) is 0 Å². The highest BCUT2D eigenvalue weighted by molar-refractivity contribution is 7.25. The molecule has 178 valence electrons. The van der Waals surface area contributed by atoms with Gasteiger partial charge in [-0.3, -0.25) is 0 Å². The SMILES string of the molecule is CC(C)CCOc1ccc2c(sc3c(F)c(OC[C@H]4CC[C@H](CC5CC5)CC4)ccc32)c1F. The summed E-state index contributed by atoms with van der Waals surface area (Å²) in [4.78, 5) is 0. The molecule has 1 aromatic heterocycles. The molecule has 1 heterocycles. The Kier molecular flexibility index (Phi) is 6.78. The monoisotopic (exact) mass is 472 g/mol. The zero-order chi connectivity index (χ0) is 22.9. The van der Waals surface area contributed by atoms with E-state index in [0.717, 1.165) is 40.4 Å². The molecule has 5 heteroatoms. The largest absolute Gasteiger partial charge is 0.490 e. The van der Waals surface area contributed by atoms with Gasteiger partial charge in [0, 0.05) is 10.8 Å². The Morgan fingerprint density at radius 2 is 1.30 bits per heavy atom. The zero-order valence-electron chi connectivity index (χ0n) is 19.7. The van der Waals surface area contributed by atoms with Crippen LogP contribution >= 0.6 is 11.3 Å². The topological polar surface area (TPSA) is 18.5 Å². The molecule has 0 bridgehead atoms. The Labute approximate surface area is 199 Å². The van der Waals surface area contributed by atoms with Crippen LogP contribution in [-0.2, 0) is 0 Å². The van der Waals surface area contributed by atoms with Crippen LogP contribution in [0.15, 0.2) is 24.3 Å². The first-order valence-corrected chi connectivity index (χ1v) is 13.4. The number of ether oxygens (including phenoxy) is 2. The fourth-order valence-corrected chi connectivity index (χ4v) is 6.26. The van der Waals surface area contributed by atoms with Crippen LogP contribution in [0.2, 0.25) is 0 Å². The Morgan fingerprint density at radius 1 is 0.788 bits per heavy atom. The lowest BCUT2D eigenvalue weighted by atomic mass is 9.80. The molecule has 0 amide bonds. The first-order chi connectivity index (χ1) is 16.0. The van der Waals surface area contributed by atoms with Gasteiger partial charge < -0.3 is 9.47 Å². The lowest BCUT2D eigenvalue weighted by Crippen LogP contribution is -2.20. The second-order valence-corrected chi connectivity index (χ2v) is 11.5. The number of halogens is 2. The van der Waals surface area contributed by atoms with Crippen molar-refractivity contribution in [3.05, 3.63) is 35.9 Å². The Hall–Kier alpha value is -1.88.